The van der Waals surface area contributed by atoms with Crippen molar-refractivity contribution < 1.29 is 9.90 Å². The number of nitrogens with one attached hydrogen (secondary N) is 1. The number of nitrogens with zero attached hydrogens (tertiary/aromatic N) is 2. The Morgan fingerprint density at radius 2 is 2.31 bits per heavy atom. The van der Waals surface area contributed by atoms with Gasteiger partial charge in [-0.3, -0.25) is 0 Å². The fourth-order valence-corrected chi connectivity index (χ4v) is 2.27. The van der Waals surface area contributed by atoms with Crippen LogP contribution in [0.1, 0.15) is 32.6 Å². The normalized spacial score (nSPS) is 18.6. The second-order valence-electron chi connectivity index (χ2n) is 4.26. The quantitative estimate of drug-likeness (QED) is 0.815. The van der Waals surface area contributed by atoms with Gasteiger partial charge in [0.1, 0.15) is 5.54 Å². The lowest BCUT2D eigenvalue weighted by Crippen LogP contribution is -2.44. The minimum atomic E-state index is -0.807. The number of carbonyl (C=O) groups is 1. The van der Waals surface area contributed by atoms with Gasteiger partial charge in [-0.05, 0) is 19.8 Å². The van der Waals surface area contributed by atoms with E-state index >= 15 is 0 Å². The van der Waals surface area contributed by atoms with Crippen molar-refractivity contribution in [3.05, 3.63) is 12.4 Å². The largest absolute Gasteiger partial charge is 0.480 e. The summed E-state index contributed by atoms with van der Waals surface area (Å²) in [5.74, 6) is -0.109. The van der Waals surface area contributed by atoms with Gasteiger partial charge in [-0.2, -0.15) is 0 Å². The van der Waals surface area contributed by atoms with Crippen LogP contribution in [-0.4, -0.2) is 26.2 Å². The van der Waals surface area contributed by atoms with Crippen molar-refractivity contribution in [2.75, 3.05) is 5.32 Å². The third kappa shape index (κ3) is 1.77. The molecule has 0 bridgehead atoms. The van der Waals surface area contributed by atoms with Crippen LogP contribution in [-0.2, 0) is 11.3 Å². The molecule has 0 amide bonds. The van der Waals surface area contributed by atoms with E-state index in [-0.39, 0.29) is 0 Å². The van der Waals surface area contributed by atoms with E-state index < -0.39 is 11.5 Å². The summed E-state index contributed by atoms with van der Waals surface area (Å²) in [6.07, 6.45) is 6.83. The zero-order valence-electron chi connectivity index (χ0n) is 9.44. The highest BCUT2D eigenvalue weighted by Gasteiger charge is 2.42. The Labute approximate surface area is 94.5 Å². The first-order valence-corrected chi connectivity index (χ1v) is 5.71. The molecule has 0 spiro atoms. The maximum absolute atomic E-state index is 11.3. The van der Waals surface area contributed by atoms with Crippen LogP contribution in [0.5, 0.6) is 0 Å². The lowest BCUT2D eigenvalue weighted by atomic mass is 9.98. The lowest BCUT2D eigenvalue weighted by Gasteiger charge is -2.26. The topological polar surface area (TPSA) is 67.2 Å². The Hall–Kier alpha value is -1.52. The van der Waals surface area contributed by atoms with Gasteiger partial charge in [-0.15, -0.1) is 0 Å². The summed E-state index contributed by atoms with van der Waals surface area (Å²) in [6, 6.07) is 0. The average Bonchev–Trinajstić information content (AvgIpc) is 2.88. The number of imidazole rings is 1. The average molecular weight is 223 g/mol. The zero-order valence-corrected chi connectivity index (χ0v) is 9.44. The molecule has 5 nitrogen and oxygen atoms in total. The number of hydrogen-bond donors (Lipinski definition) is 2. The molecular formula is C11H17N3O2. The maximum Gasteiger partial charge on any atom is 0.329 e. The summed E-state index contributed by atoms with van der Waals surface area (Å²) in [4.78, 5) is 15.5. The Kier molecular flexibility index (Phi) is 2.85. The van der Waals surface area contributed by atoms with E-state index in [1.165, 1.54) is 0 Å². The fraction of sp³-hybridized carbons (Fsp3) is 0.636. The summed E-state index contributed by atoms with van der Waals surface area (Å²) >= 11 is 0. The second-order valence-corrected chi connectivity index (χ2v) is 4.26. The molecule has 0 saturated heterocycles. The van der Waals surface area contributed by atoms with Crippen molar-refractivity contribution in [2.45, 2.75) is 44.7 Å². The SMILES string of the molecule is CCn1ccnc1NC1(C(=O)O)CCCC1. The molecule has 2 rings (SSSR count). The number of aromatic nitrogens is 2. The molecule has 1 aromatic rings. The van der Waals surface area contributed by atoms with Crippen LogP contribution in [0.3, 0.4) is 0 Å². The molecule has 16 heavy (non-hydrogen) atoms. The van der Waals surface area contributed by atoms with Gasteiger partial charge in [0.25, 0.3) is 0 Å². The highest BCUT2D eigenvalue weighted by Crippen LogP contribution is 2.32. The van der Waals surface area contributed by atoms with Crippen LogP contribution < -0.4 is 5.32 Å². The van der Waals surface area contributed by atoms with E-state index in [1.807, 2.05) is 17.7 Å². The van der Waals surface area contributed by atoms with E-state index in [0.717, 1.165) is 19.4 Å². The van der Waals surface area contributed by atoms with Gasteiger partial charge in [0.05, 0.1) is 0 Å². The van der Waals surface area contributed by atoms with E-state index in [9.17, 15) is 9.90 Å². The first-order chi connectivity index (χ1) is 7.68. The molecule has 0 unspecified atom stereocenters. The molecule has 1 heterocycles. The van der Waals surface area contributed by atoms with Crippen LogP contribution in [0, 0.1) is 0 Å². The highest BCUT2D eigenvalue weighted by molar-refractivity contribution is 5.82. The van der Waals surface area contributed by atoms with E-state index in [2.05, 4.69) is 10.3 Å². The lowest BCUT2D eigenvalue weighted by molar-refractivity contribution is -0.142. The van der Waals surface area contributed by atoms with E-state index in [4.69, 9.17) is 0 Å². The summed E-state index contributed by atoms with van der Waals surface area (Å²) in [5, 5.41) is 12.4. The molecule has 1 saturated carbocycles. The van der Waals surface area contributed by atoms with Gasteiger partial charge in [-0.1, -0.05) is 12.8 Å². The molecule has 2 N–H and O–H groups in total. The van der Waals surface area contributed by atoms with Crippen LogP contribution in [0.15, 0.2) is 12.4 Å². The van der Waals surface area contributed by atoms with Gasteiger partial charge >= 0.3 is 5.97 Å². The van der Waals surface area contributed by atoms with Gasteiger partial charge in [0.15, 0.2) is 0 Å². The first kappa shape index (κ1) is 11.0. The number of carboxylic acids is 1. The predicted molar refractivity (Wildman–Crippen MR) is 60.4 cm³/mol. The molecule has 0 atom stereocenters. The van der Waals surface area contributed by atoms with Gasteiger partial charge in [-0.25, -0.2) is 9.78 Å². The second kappa shape index (κ2) is 4.15. The van der Waals surface area contributed by atoms with Gasteiger partial charge in [0.2, 0.25) is 5.95 Å². The number of aryl methyl sites for hydroxylation is 1. The highest BCUT2D eigenvalue weighted by atomic mass is 16.4. The molecule has 0 aromatic carbocycles. The van der Waals surface area contributed by atoms with Crippen LogP contribution in [0.25, 0.3) is 0 Å². The molecule has 0 radical (unpaired) electrons. The monoisotopic (exact) mass is 223 g/mol. The fourth-order valence-electron chi connectivity index (χ4n) is 2.27. The summed E-state index contributed by atoms with van der Waals surface area (Å²) in [5.41, 5.74) is -0.807. The molecule has 1 fully saturated rings. The van der Waals surface area contributed by atoms with Gasteiger partial charge in [0, 0.05) is 18.9 Å². The van der Waals surface area contributed by atoms with Crippen LogP contribution >= 0.6 is 0 Å². The van der Waals surface area contributed by atoms with Crippen molar-refractivity contribution in [1.29, 1.82) is 0 Å². The van der Waals surface area contributed by atoms with E-state index in [1.54, 1.807) is 6.20 Å². The van der Waals surface area contributed by atoms with Crippen molar-refractivity contribution in [1.82, 2.24) is 9.55 Å². The number of hydrogen-bond acceptors (Lipinski definition) is 3. The number of aliphatic carboxylic acids is 1. The Bertz CT molecular complexity index is 380. The molecule has 1 aromatic heterocycles. The summed E-state index contributed by atoms with van der Waals surface area (Å²) < 4.78 is 1.92. The van der Waals surface area contributed by atoms with Crippen molar-refractivity contribution in [3.63, 3.8) is 0 Å². The maximum atomic E-state index is 11.3. The molecular weight excluding hydrogens is 206 g/mol. The predicted octanol–water partition coefficient (Wildman–Crippen LogP) is 1.71. The molecule has 1 aliphatic rings. The van der Waals surface area contributed by atoms with Crippen molar-refractivity contribution >= 4 is 11.9 Å². The molecule has 0 aliphatic heterocycles. The molecule has 1 aliphatic carbocycles. The minimum Gasteiger partial charge on any atom is -0.480 e. The molecule has 5 heteroatoms. The summed E-state index contributed by atoms with van der Waals surface area (Å²) in [7, 11) is 0. The van der Waals surface area contributed by atoms with Crippen LogP contribution in [0.4, 0.5) is 5.95 Å². The number of carboxylic acid groups (broad SMARTS) is 1. The molecule has 88 valence electrons. The number of rotatable bonds is 4. The third-order valence-electron chi connectivity index (χ3n) is 3.27. The third-order valence-corrected chi connectivity index (χ3v) is 3.27. The van der Waals surface area contributed by atoms with Crippen LogP contribution in [0.2, 0.25) is 0 Å². The standard InChI is InChI=1S/C11H17N3O2/c1-2-14-8-7-12-10(14)13-11(9(15)16)5-3-4-6-11/h7-8H,2-6H2,1H3,(H,12,13)(H,15,16). The number of anilines is 1. The smallest absolute Gasteiger partial charge is 0.329 e. The zero-order chi connectivity index (χ0) is 11.6. The Balaban J connectivity index is 2.21. The summed E-state index contributed by atoms with van der Waals surface area (Å²) in [6.45, 7) is 2.80. The van der Waals surface area contributed by atoms with Crippen molar-refractivity contribution in [3.8, 4) is 0 Å². The minimum absolute atomic E-state index is 0.659. The van der Waals surface area contributed by atoms with Crippen molar-refractivity contribution in [2.24, 2.45) is 0 Å². The Morgan fingerprint density at radius 1 is 1.62 bits per heavy atom. The van der Waals surface area contributed by atoms with E-state index in [0.29, 0.717) is 18.8 Å². The Morgan fingerprint density at radius 3 is 2.88 bits per heavy atom. The van der Waals surface area contributed by atoms with Gasteiger partial charge < -0.3 is 15.0 Å². The first-order valence-electron chi connectivity index (χ1n) is 5.71.